The van der Waals surface area contributed by atoms with Gasteiger partial charge in [0.05, 0.1) is 12.2 Å². The van der Waals surface area contributed by atoms with Gasteiger partial charge in [0.1, 0.15) is 5.75 Å². The summed E-state index contributed by atoms with van der Waals surface area (Å²) in [4.78, 5) is 12.5. The number of nitrogens with zero attached hydrogens (tertiary/aromatic N) is 1. The third-order valence-corrected chi connectivity index (χ3v) is 1.93. The number of para-hydroxylation sites is 2. The summed E-state index contributed by atoms with van der Waals surface area (Å²) in [5.74, 6) is 0.462. The van der Waals surface area contributed by atoms with Gasteiger partial charge in [-0.25, -0.2) is 0 Å². The van der Waals surface area contributed by atoms with Crippen molar-refractivity contribution in [3.8, 4) is 5.75 Å². The third kappa shape index (κ3) is 1.42. The van der Waals surface area contributed by atoms with Gasteiger partial charge >= 0.3 is 0 Å². The molecule has 1 aromatic rings. The van der Waals surface area contributed by atoms with E-state index in [2.05, 4.69) is 0 Å². The van der Waals surface area contributed by atoms with Crippen LogP contribution in [0.5, 0.6) is 5.75 Å². The van der Waals surface area contributed by atoms with E-state index in [0.717, 1.165) is 11.4 Å². The summed E-state index contributed by atoms with van der Waals surface area (Å²) in [5.41, 5.74) is 6.03. The molecular weight excluding hydrogens is 168 g/mol. The molecule has 0 saturated carbocycles. The molecule has 1 aromatic carbocycles. The molecule has 4 nitrogen and oxygen atoms in total. The predicted octanol–water partition coefficient (Wildman–Crippen LogP) is 0.328. The van der Waals surface area contributed by atoms with Crippen LogP contribution in [-0.2, 0) is 4.79 Å². The maximum atomic E-state index is 10.7. The average molecular weight is 178 g/mol. The molecule has 1 aliphatic rings. The molecule has 0 aromatic heterocycles. The molecular formula is C9H10N2O2. The minimum Gasteiger partial charge on any atom is -0.471 e. The zero-order valence-electron chi connectivity index (χ0n) is 7.06. The van der Waals surface area contributed by atoms with Gasteiger partial charge in [-0.05, 0) is 12.1 Å². The molecule has 4 heteroatoms. The van der Waals surface area contributed by atoms with Gasteiger partial charge in [-0.2, -0.15) is 0 Å². The number of rotatable bonds is 2. The second-order valence-electron chi connectivity index (χ2n) is 2.91. The highest BCUT2D eigenvalue weighted by molar-refractivity contribution is 5.80. The van der Waals surface area contributed by atoms with E-state index in [9.17, 15) is 4.79 Å². The lowest BCUT2D eigenvalue weighted by molar-refractivity contribution is -0.116. The van der Waals surface area contributed by atoms with Crippen molar-refractivity contribution in [2.24, 2.45) is 5.73 Å². The molecule has 0 fully saturated rings. The number of ether oxygens (including phenoxy) is 1. The molecule has 0 aliphatic carbocycles. The highest BCUT2D eigenvalue weighted by Gasteiger charge is 2.20. The number of amides is 1. The first-order valence-electron chi connectivity index (χ1n) is 4.02. The Hall–Kier alpha value is -1.71. The topological polar surface area (TPSA) is 55.6 Å². The van der Waals surface area contributed by atoms with Crippen molar-refractivity contribution >= 4 is 11.6 Å². The largest absolute Gasteiger partial charge is 0.471 e. The lowest BCUT2D eigenvalue weighted by Crippen LogP contribution is -2.33. The Labute approximate surface area is 75.9 Å². The van der Waals surface area contributed by atoms with Gasteiger partial charge < -0.3 is 15.4 Å². The van der Waals surface area contributed by atoms with Gasteiger partial charge in [-0.3, -0.25) is 4.79 Å². The fourth-order valence-corrected chi connectivity index (χ4v) is 1.38. The van der Waals surface area contributed by atoms with Crippen molar-refractivity contribution in [1.29, 1.82) is 0 Å². The summed E-state index contributed by atoms with van der Waals surface area (Å²) in [6, 6.07) is 7.58. The molecule has 0 saturated heterocycles. The van der Waals surface area contributed by atoms with Crippen molar-refractivity contribution in [3.05, 3.63) is 24.3 Å². The van der Waals surface area contributed by atoms with Gasteiger partial charge in [0.15, 0.2) is 6.73 Å². The lowest BCUT2D eigenvalue weighted by atomic mass is 10.3. The van der Waals surface area contributed by atoms with Crippen LogP contribution in [0.2, 0.25) is 0 Å². The molecule has 0 spiro atoms. The lowest BCUT2D eigenvalue weighted by Gasteiger charge is -2.13. The number of anilines is 1. The van der Waals surface area contributed by atoms with Crippen LogP contribution < -0.4 is 15.4 Å². The maximum Gasteiger partial charge on any atom is 0.237 e. The molecule has 0 radical (unpaired) electrons. The van der Waals surface area contributed by atoms with Gasteiger partial charge in [-0.15, -0.1) is 0 Å². The van der Waals surface area contributed by atoms with Crippen LogP contribution in [0.25, 0.3) is 0 Å². The van der Waals surface area contributed by atoms with E-state index in [4.69, 9.17) is 10.5 Å². The summed E-state index contributed by atoms with van der Waals surface area (Å²) in [6.45, 7) is 0.610. The summed E-state index contributed by atoms with van der Waals surface area (Å²) in [5, 5.41) is 0. The van der Waals surface area contributed by atoms with Crippen molar-refractivity contribution in [2.45, 2.75) is 0 Å². The van der Waals surface area contributed by atoms with Crippen LogP contribution in [0.1, 0.15) is 0 Å². The Morgan fingerprint density at radius 3 is 3.08 bits per heavy atom. The Kier molecular flexibility index (Phi) is 1.81. The van der Waals surface area contributed by atoms with Gasteiger partial charge in [0.25, 0.3) is 0 Å². The Balaban J connectivity index is 2.23. The number of benzene rings is 1. The summed E-state index contributed by atoms with van der Waals surface area (Å²) >= 11 is 0. The smallest absolute Gasteiger partial charge is 0.237 e. The summed E-state index contributed by atoms with van der Waals surface area (Å²) < 4.78 is 5.33. The van der Waals surface area contributed by atoms with E-state index in [1.807, 2.05) is 24.3 Å². The molecule has 2 N–H and O–H groups in total. The molecule has 0 atom stereocenters. The number of carbonyl (C=O) groups excluding carboxylic acids is 1. The molecule has 68 valence electrons. The van der Waals surface area contributed by atoms with E-state index < -0.39 is 0 Å². The minimum atomic E-state index is -0.347. The van der Waals surface area contributed by atoms with Gasteiger partial charge in [-0.1, -0.05) is 12.1 Å². The van der Waals surface area contributed by atoms with Crippen LogP contribution >= 0.6 is 0 Å². The van der Waals surface area contributed by atoms with E-state index in [1.165, 1.54) is 0 Å². The number of primary amides is 1. The second kappa shape index (κ2) is 2.97. The van der Waals surface area contributed by atoms with E-state index in [0.29, 0.717) is 6.73 Å². The Bertz CT molecular complexity index is 338. The van der Waals surface area contributed by atoms with Crippen LogP contribution in [0.4, 0.5) is 5.69 Å². The zero-order chi connectivity index (χ0) is 9.26. The molecule has 0 bridgehead atoms. The Morgan fingerprint density at radius 1 is 1.54 bits per heavy atom. The SMILES string of the molecule is NC(=O)CN1COc2ccccc21. The number of hydrogen-bond acceptors (Lipinski definition) is 3. The number of carbonyl (C=O) groups is 1. The molecule has 1 aliphatic heterocycles. The van der Waals surface area contributed by atoms with E-state index in [-0.39, 0.29) is 12.5 Å². The minimum absolute atomic E-state index is 0.205. The highest BCUT2D eigenvalue weighted by Crippen LogP contribution is 2.32. The standard InChI is InChI=1S/C9H10N2O2/c10-9(12)5-11-6-13-8-4-2-1-3-7(8)11/h1-4H,5-6H2,(H2,10,12). The normalized spacial score (nSPS) is 13.7. The van der Waals surface area contributed by atoms with Crippen molar-refractivity contribution in [2.75, 3.05) is 18.2 Å². The summed E-state index contributed by atoms with van der Waals surface area (Å²) in [7, 11) is 0. The predicted molar refractivity (Wildman–Crippen MR) is 48.5 cm³/mol. The molecule has 1 amide bonds. The van der Waals surface area contributed by atoms with Crippen LogP contribution in [0.15, 0.2) is 24.3 Å². The van der Waals surface area contributed by atoms with Crippen LogP contribution in [-0.4, -0.2) is 19.2 Å². The maximum absolute atomic E-state index is 10.7. The van der Waals surface area contributed by atoms with Crippen molar-refractivity contribution < 1.29 is 9.53 Å². The van der Waals surface area contributed by atoms with E-state index in [1.54, 1.807) is 4.90 Å². The first-order valence-corrected chi connectivity index (χ1v) is 4.02. The first-order chi connectivity index (χ1) is 6.27. The molecule has 13 heavy (non-hydrogen) atoms. The fraction of sp³-hybridized carbons (Fsp3) is 0.222. The monoisotopic (exact) mass is 178 g/mol. The van der Waals surface area contributed by atoms with Gasteiger partial charge in [0, 0.05) is 0 Å². The van der Waals surface area contributed by atoms with Crippen LogP contribution in [0.3, 0.4) is 0 Å². The number of fused-ring (bicyclic) bond motifs is 1. The van der Waals surface area contributed by atoms with Crippen molar-refractivity contribution in [3.63, 3.8) is 0 Å². The third-order valence-electron chi connectivity index (χ3n) is 1.93. The Morgan fingerprint density at radius 2 is 2.31 bits per heavy atom. The highest BCUT2D eigenvalue weighted by atomic mass is 16.5. The number of nitrogens with two attached hydrogens (primary N) is 1. The fourth-order valence-electron chi connectivity index (χ4n) is 1.38. The number of hydrogen-bond donors (Lipinski definition) is 1. The quantitative estimate of drug-likeness (QED) is 0.710. The van der Waals surface area contributed by atoms with Gasteiger partial charge in [0.2, 0.25) is 5.91 Å². The average Bonchev–Trinajstić information content (AvgIpc) is 2.48. The molecule has 2 rings (SSSR count). The first kappa shape index (κ1) is 7.91. The molecule has 0 unspecified atom stereocenters. The molecule has 1 heterocycles. The van der Waals surface area contributed by atoms with Crippen molar-refractivity contribution in [1.82, 2.24) is 0 Å². The summed E-state index contributed by atoms with van der Waals surface area (Å²) in [6.07, 6.45) is 0. The zero-order valence-corrected chi connectivity index (χ0v) is 7.06. The van der Waals surface area contributed by atoms with E-state index >= 15 is 0 Å². The van der Waals surface area contributed by atoms with Crippen LogP contribution in [0, 0.1) is 0 Å². The second-order valence-corrected chi connectivity index (χ2v) is 2.91.